The van der Waals surface area contributed by atoms with Gasteiger partial charge in [-0.2, -0.15) is 4.72 Å². The average molecular weight is 461 g/mol. The zero-order valence-electron chi connectivity index (χ0n) is 17.5. The van der Waals surface area contributed by atoms with Crippen molar-refractivity contribution in [3.05, 3.63) is 41.5 Å². The van der Waals surface area contributed by atoms with Crippen LogP contribution in [0.3, 0.4) is 0 Å². The first-order valence-corrected chi connectivity index (χ1v) is 11.7. The third kappa shape index (κ3) is 3.98. The Hall–Kier alpha value is -3.25. The number of amides is 3. The summed E-state index contributed by atoms with van der Waals surface area (Å²) in [5.41, 5.74) is 7.80. The molecule has 170 valence electrons. The number of H-pyrrole nitrogens is 1. The van der Waals surface area contributed by atoms with Gasteiger partial charge in [0.2, 0.25) is 21.8 Å². The number of aromatic amines is 1. The van der Waals surface area contributed by atoms with Gasteiger partial charge < -0.3 is 20.5 Å². The molecule has 0 saturated carbocycles. The molecule has 12 heteroatoms. The molecule has 1 saturated heterocycles. The highest BCUT2D eigenvalue weighted by molar-refractivity contribution is 7.89. The minimum atomic E-state index is -4.30. The molecule has 3 heterocycles. The van der Waals surface area contributed by atoms with Crippen LogP contribution in [0.4, 0.5) is 5.69 Å². The van der Waals surface area contributed by atoms with Crippen molar-refractivity contribution in [2.24, 2.45) is 5.73 Å². The van der Waals surface area contributed by atoms with E-state index in [0.29, 0.717) is 49.3 Å². The Labute approximate surface area is 185 Å². The first-order chi connectivity index (χ1) is 15.2. The lowest BCUT2D eigenvalue weighted by Gasteiger charge is -2.29. The van der Waals surface area contributed by atoms with Crippen molar-refractivity contribution in [2.45, 2.75) is 43.7 Å². The smallest absolute Gasteiger partial charge is 0.250 e. The van der Waals surface area contributed by atoms with E-state index >= 15 is 0 Å². The number of imidazole rings is 1. The molecule has 2 aliphatic rings. The molecule has 1 aromatic carbocycles. The number of hydrogen-bond donors (Lipinski definition) is 3. The molecule has 1 fully saturated rings. The highest BCUT2D eigenvalue weighted by Crippen LogP contribution is 2.29. The topological polar surface area (TPSA) is 159 Å². The van der Waals surface area contributed by atoms with Crippen molar-refractivity contribution in [1.82, 2.24) is 19.6 Å². The fourth-order valence-corrected chi connectivity index (χ4v) is 5.54. The van der Waals surface area contributed by atoms with Crippen molar-refractivity contribution in [3.63, 3.8) is 0 Å². The zero-order valence-corrected chi connectivity index (χ0v) is 18.3. The Balaban J connectivity index is 1.59. The third-order valence-electron chi connectivity index (χ3n) is 5.81. The summed E-state index contributed by atoms with van der Waals surface area (Å²) in [6.45, 7) is 2.53. The number of sulfonamides is 1. The molecule has 3 amide bonds. The van der Waals surface area contributed by atoms with E-state index in [0.717, 1.165) is 5.69 Å². The molecule has 0 unspecified atom stereocenters. The van der Waals surface area contributed by atoms with Crippen molar-refractivity contribution >= 4 is 33.4 Å². The van der Waals surface area contributed by atoms with Crippen molar-refractivity contribution in [2.75, 3.05) is 18.0 Å². The Morgan fingerprint density at radius 2 is 2.03 bits per heavy atom. The molecule has 0 spiro atoms. The van der Waals surface area contributed by atoms with Gasteiger partial charge in [0.25, 0.3) is 5.91 Å². The van der Waals surface area contributed by atoms with Crippen LogP contribution >= 0.6 is 0 Å². The second kappa shape index (κ2) is 8.36. The van der Waals surface area contributed by atoms with Crippen LogP contribution in [-0.4, -0.2) is 60.1 Å². The van der Waals surface area contributed by atoms with E-state index in [2.05, 4.69) is 14.7 Å². The van der Waals surface area contributed by atoms with Gasteiger partial charge in [-0.3, -0.25) is 14.4 Å². The number of fused-ring (bicyclic) bond motifs is 1. The maximum atomic E-state index is 13.2. The summed E-state index contributed by atoms with van der Waals surface area (Å²) in [4.78, 5) is 47.1. The van der Waals surface area contributed by atoms with E-state index in [1.165, 1.54) is 23.4 Å². The first kappa shape index (κ1) is 22.0. The molecule has 32 heavy (non-hydrogen) atoms. The van der Waals surface area contributed by atoms with E-state index in [-0.39, 0.29) is 17.3 Å². The molecule has 2 aliphatic heterocycles. The number of anilines is 1. The van der Waals surface area contributed by atoms with Crippen molar-refractivity contribution in [3.8, 4) is 0 Å². The summed E-state index contributed by atoms with van der Waals surface area (Å²) in [7, 11) is -4.30. The fraction of sp³-hybridized carbons (Fsp3) is 0.400. The molecule has 1 atom stereocenters. The van der Waals surface area contributed by atoms with Gasteiger partial charge in [0, 0.05) is 37.3 Å². The van der Waals surface area contributed by atoms with Crippen LogP contribution in [0, 0.1) is 6.92 Å². The van der Waals surface area contributed by atoms with E-state index in [4.69, 9.17) is 5.73 Å². The fourth-order valence-electron chi connectivity index (χ4n) is 4.12. The Kier molecular flexibility index (Phi) is 5.73. The van der Waals surface area contributed by atoms with E-state index in [9.17, 15) is 22.8 Å². The zero-order chi connectivity index (χ0) is 23.0. The number of rotatable bonds is 6. The van der Waals surface area contributed by atoms with E-state index < -0.39 is 27.9 Å². The molecular formula is C20H24N6O5S. The van der Waals surface area contributed by atoms with Crippen molar-refractivity contribution < 1.29 is 22.8 Å². The maximum Gasteiger partial charge on any atom is 0.250 e. The summed E-state index contributed by atoms with van der Waals surface area (Å²) >= 11 is 0. The second-order valence-electron chi connectivity index (χ2n) is 7.84. The number of nitrogens with one attached hydrogen (secondary N) is 2. The number of nitrogens with zero attached hydrogens (tertiary/aromatic N) is 3. The second-order valence-corrected chi connectivity index (χ2v) is 9.53. The van der Waals surface area contributed by atoms with Crippen LogP contribution in [-0.2, 0) is 37.4 Å². The predicted molar refractivity (Wildman–Crippen MR) is 114 cm³/mol. The molecule has 1 aromatic heterocycles. The standard InChI is InChI=1S/C20H24N6O5S/c1-12-15(26-8-3-6-17(26)27)4-2-5-16(12)32(30,31)24-18(19(21)28)20(29)25-9-7-13-14(10-25)23-11-22-13/h2,4-5,11,18,24H,3,6-10H2,1H3,(H2,21,28)(H,22,23)/t18-/m0/s1. The number of benzene rings is 1. The molecular weight excluding hydrogens is 436 g/mol. The molecule has 2 aromatic rings. The van der Waals surface area contributed by atoms with Crippen LogP contribution in [0.2, 0.25) is 0 Å². The third-order valence-corrected chi connectivity index (χ3v) is 7.37. The predicted octanol–water partition coefficient (Wildman–Crippen LogP) is -0.438. The number of aromatic nitrogens is 2. The van der Waals surface area contributed by atoms with Gasteiger partial charge in [0.05, 0.1) is 23.5 Å². The van der Waals surface area contributed by atoms with E-state index in [1.807, 2.05) is 0 Å². The van der Waals surface area contributed by atoms with Crippen LogP contribution in [0.25, 0.3) is 0 Å². The molecule has 4 rings (SSSR count). The molecule has 0 radical (unpaired) electrons. The summed E-state index contributed by atoms with van der Waals surface area (Å²) in [5, 5.41) is 0. The summed E-state index contributed by atoms with van der Waals surface area (Å²) in [5.74, 6) is -1.92. The van der Waals surface area contributed by atoms with Crippen molar-refractivity contribution in [1.29, 1.82) is 0 Å². The van der Waals surface area contributed by atoms with Crippen LogP contribution in [0.15, 0.2) is 29.4 Å². The monoisotopic (exact) mass is 460 g/mol. The van der Waals surface area contributed by atoms with Gasteiger partial charge >= 0.3 is 0 Å². The highest BCUT2D eigenvalue weighted by Gasteiger charge is 2.36. The lowest BCUT2D eigenvalue weighted by molar-refractivity contribution is -0.138. The van der Waals surface area contributed by atoms with Gasteiger partial charge in [-0.15, -0.1) is 0 Å². The number of hydrogen-bond acceptors (Lipinski definition) is 6. The quantitative estimate of drug-likeness (QED) is 0.496. The summed E-state index contributed by atoms with van der Waals surface area (Å²) < 4.78 is 28.5. The van der Waals surface area contributed by atoms with Crippen LogP contribution in [0.5, 0.6) is 0 Å². The van der Waals surface area contributed by atoms with Gasteiger partial charge in [-0.25, -0.2) is 13.4 Å². The Bertz CT molecular complexity index is 1190. The number of carbonyl (C=O) groups is 3. The van der Waals surface area contributed by atoms with Gasteiger partial charge in [-0.05, 0) is 31.0 Å². The highest BCUT2D eigenvalue weighted by atomic mass is 32.2. The SMILES string of the molecule is Cc1c(N2CCCC2=O)cccc1S(=O)(=O)N[C@@H](C(N)=O)C(=O)N1CCc2[nH]cnc2C1. The Morgan fingerprint density at radius 3 is 2.72 bits per heavy atom. The number of carbonyl (C=O) groups excluding carboxylic acids is 3. The molecule has 11 nitrogen and oxygen atoms in total. The summed E-state index contributed by atoms with van der Waals surface area (Å²) in [6, 6.07) is 2.79. The van der Waals surface area contributed by atoms with Crippen LogP contribution in [0.1, 0.15) is 29.8 Å². The lowest BCUT2D eigenvalue weighted by Crippen LogP contribution is -2.55. The average Bonchev–Trinajstić information content (AvgIpc) is 3.39. The maximum absolute atomic E-state index is 13.2. The Morgan fingerprint density at radius 1 is 1.25 bits per heavy atom. The summed E-state index contributed by atoms with van der Waals surface area (Å²) in [6.07, 6.45) is 3.12. The number of nitrogens with two attached hydrogens (primary N) is 1. The van der Waals surface area contributed by atoms with Gasteiger partial charge in [0.15, 0.2) is 6.04 Å². The van der Waals surface area contributed by atoms with E-state index in [1.54, 1.807) is 17.9 Å². The minimum Gasteiger partial charge on any atom is -0.368 e. The molecule has 0 aliphatic carbocycles. The molecule has 4 N–H and O–H groups in total. The largest absolute Gasteiger partial charge is 0.368 e. The number of primary amides is 1. The minimum absolute atomic E-state index is 0.0800. The van der Waals surface area contributed by atoms with Crippen LogP contribution < -0.4 is 15.4 Å². The first-order valence-electron chi connectivity index (χ1n) is 10.2. The lowest BCUT2D eigenvalue weighted by atomic mass is 10.1. The normalized spacial score (nSPS) is 17.3. The van der Waals surface area contributed by atoms with Gasteiger partial charge in [0.1, 0.15) is 0 Å². The van der Waals surface area contributed by atoms with Gasteiger partial charge in [-0.1, -0.05) is 6.07 Å². The molecule has 0 bridgehead atoms.